The molecule has 27 heavy (non-hydrogen) atoms. The number of carbonyl (C=O) groups excluding carboxylic acids is 1. The minimum Gasteiger partial charge on any atom is -0.394 e. The molecule has 3 atom stereocenters. The molecule has 1 fully saturated rings. The van der Waals surface area contributed by atoms with Gasteiger partial charge in [-0.15, -0.1) is 11.3 Å². The molecule has 1 aliphatic rings. The van der Waals surface area contributed by atoms with E-state index in [1.165, 1.54) is 6.07 Å². The van der Waals surface area contributed by atoms with E-state index in [4.69, 9.17) is 4.74 Å². The maximum absolute atomic E-state index is 14.4. The first-order valence-electron chi connectivity index (χ1n) is 8.78. The lowest BCUT2D eigenvalue weighted by atomic mass is 9.94. The number of hydrogen-bond donors (Lipinski definition) is 2. The molecule has 0 spiro atoms. The van der Waals surface area contributed by atoms with Crippen LogP contribution in [0.25, 0.3) is 10.1 Å². The van der Waals surface area contributed by atoms with Crippen LogP contribution in [0.4, 0.5) is 4.39 Å². The van der Waals surface area contributed by atoms with Crippen LogP contribution in [0.5, 0.6) is 0 Å². The van der Waals surface area contributed by atoms with Crippen LogP contribution in [0.15, 0.2) is 48.5 Å². The molecule has 0 saturated carbocycles. The molecular weight excluding hydrogens is 367 g/mol. The highest BCUT2D eigenvalue weighted by Crippen LogP contribution is 2.32. The molecule has 0 aliphatic carbocycles. The van der Waals surface area contributed by atoms with E-state index >= 15 is 0 Å². The number of ether oxygens (including phenoxy) is 1. The number of carbonyl (C=O) groups is 1. The van der Waals surface area contributed by atoms with Crippen LogP contribution in [0.2, 0.25) is 0 Å². The molecule has 3 aromatic rings. The highest BCUT2D eigenvalue weighted by Gasteiger charge is 2.36. The van der Waals surface area contributed by atoms with Crippen molar-refractivity contribution in [2.45, 2.75) is 31.2 Å². The van der Waals surface area contributed by atoms with Crippen LogP contribution in [0.3, 0.4) is 0 Å². The van der Waals surface area contributed by atoms with Crippen LogP contribution in [-0.4, -0.2) is 34.8 Å². The van der Waals surface area contributed by atoms with E-state index in [0.29, 0.717) is 17.5 Å². The maximum atomic E-state index is 14.4. The minimum absolute atomic E-state index is 0.00558. The number of benzene rings is 2. The molecule has 0 radical (unpaired) electrons. The van der Waals surface area contributed by atoms with Gasteiger partial charge in [0.25, 0.3) is 0 Å². The molecular formula is C21H19FO4S. The molecule has 140 valence electrons. The third kappa shape index (κ3) is 3.66. The van der Waals surface area contributed by atoms with E-state index < -0.39 is 24.9 Å². The molecule has 6 heteroatoms. The lowest BCUT2D eigenvalue weighted by Gasteiger charge is -2.32. The molecule has 0 amide bonds. The topological polar surface area (TPSA) is 66.8 Å². The van der Waals surface area contributed by atoms with Gasteiger partial charge in [-0.1, -0.05) is 24.3 Å². The Morgan fingerprint density at radius 1 is 1.19 bits per heavy atom. The zero-order valence-electron chi connectivity index (χ0n) is 14.5. The summed E-state index contributed by atoms with van der Waals surface area (Å²) in [7, 11) is 0. The van der Waals surface area contributed by atoms with Crippen molar-refractivity contribution in [3.8, 4) is 0 Å². The summed E-state index contributed by atoms with van der Waals surface area (Å²) in [6, 6.07) is 14.8. The van der Waals surface area contributed by atoms with Crippen LogP contribution < -0.4 is 0 Å². The molecule has 0 unspecified atom stereocenters. The fourth-order valence-electron chi connectivity index (χ4n) is 3.43. The van der Waals surface area contributed by atoms with Gasteiger partial charge < -0.3 is 14.9 Å². The molecule has 1 aromatic heterocycles. The predicted molar refractivity (Wildman–Crippen MR) is 101 cm³/mol. The van der Waals surface area contributed by atoms with Crippen LogP contribution in [0, 0.1) is 5.82 Å². The number of thiophene rings is 1. The fraction of sp³-hybridized carbons (Fsp3) is 0.286. The van der Waals surface area contributed by atoms with Gasteiger partial charge in [-0.3, -0.25) is 4.79 Å². The molecule has 2 heterocycles. The summed E-state index contributed by atoms with van der Waals surface area (Å²) in [6.07, 6.45) is -2.41. The zero-order valence-corrected chi connectivity index (χ0v) is 15.3. The summed E-state index contributed by atoms with van der Waals surface area (Å²) < 4.78 is 21.2. The third-order valence-corrected chi connectivity index (χ3v) is 5.99. The Balaban J connectivity index is 1.60. The van der Waals surface area contributed by atoms with Gasteiger partial charge in [-0.25, -0.2) is 4.39 Å². The number of ketones is 1. The second-order valence-electron chi connectivity index (χ2n) is 6.74. The lowest BCUT2D eigenvalue weighted by molar-refractivity contribution is -0.164. The van der Waals surface area contributed by atoms with Crippen molar-refractivity contribution >= 4 is 27.2 Å². The van der Waals surface area contributed by atoms with Gasteiger partial charge in [0.15, 0.2) is 5.78 Å². The van der Waals surface area contributed by atoms with Gasteiger partial charge in [-0.2, -0.15) is 0 Å². The van der Waals surface area contributed by atoms with Crippen molar-refractivity contribution in [1.29, 1.82) is 0 Å². The Morgan fingerprint density at radius 2 is 2.00 bits per heavy atom. The smallest absolute Gasteiger partial charge is 0.166 e. The van der Waals surface area contributed by atoms with Crippen LogP contribution >= 0.6 is 11.3 Å². The van der Waals surface area contributed by atoms with Crippen molar-refractivity contribution in [2.24, 2.45) is 0 Å². The number of halogens is 1. The standard InChI is InChI=1S/C21H19FO4S/c22-16-6-5-12(18-10-17(24)21(25)19(11-23)26-18)7-14(16)9-15-8-13-3-1-2-4-20(13)27-15/h1-8,18-19,21,23,25H,9-11H2/t18-,19-,21+/m1/s1. The fourth-order valence-corrected chi connectivity index (χ4v) is 4.51. The van der Waals surface area contributed by atoms with E-state index in [9.17, 15) is 19.4 Å². The Morgan fingerprint density at radius 3 is 2.78 bits per heavy atom. The van der Waals surface area contributed by atoms with Crippen LogP contribution in [0.1, 0.15) is 28.5 Å². The predicted octanol–water partition coefficient (Wildman–Crippen LogP) is 3.38. The number of fused-ring (bicyclic) bond motifs is 1. The summed E-state index contributed by atoms with van der Waals surface area (Å²) in [5.74, 6) is -0.683. The van der Waals surface area contributed by atoms with Crippen molar-refractivity contribution in [2.75, 3.05) is 6.61 Å². The van der Waals surface area contributed by atoms with Crippen molar-refractivity contribution in [3.63, 3.8) is 0 Å². The number of aliphatic hydroxyl groups excluding tert-OH is 2. The van der Waals surface area contributed by atoms with Crippen molar-refractivity contribution in [3.05, 3.63) is 70.4 Å². The Bertz CT molecular complexity index is 950. The Hall–Kier alpha value is -2.12. The molecule has 1 aliphatic heterocycles. The zero-order chi connectivity index (χ0) is 19.0. The van der Waals surface area contributed by atoms with E-state index in [2.05, 4.69) is 6.07 Å². The van der Waals surface area contributed by atoms with Gasteiger partial charge >= 0.3 is 0 Å². The monoisotopic (exact) mass is 386 g/mol. The Kier molecular flexibility index (Phi) is 5.06. The molecule has 1 saturated heterocycles. The van der Waals surface area contributed by atoms with Gasteiger partial charge in [0.2, 0.25) is 0 Å². The summed E-state index contributed by atoms with van der Waals surface area (Å²) in [5, 5.41) is 20.2. The van der Waals surface area contributed by atoms with Crippen molar-refractivity contribution in [1.82, 2.24) is 0 Å². The largest absolute Gasteiger partial charge is 0.394 e. The first-order chi connectivity index (χ1) is 13.0. The molecule has 0 bridgehead atoms. The molecule has 4 rings (SSSR count). The first-order valence-corrected chi connectivity index (χ1v) is 9.59. The summed E-state index contributed by atoms with van der Waals surface area (Å²) >= 11 is 1.63. The average molecular weight is 386 g/mol. The summed E-state index contributed by atoms with van der Waals surface area (Å²) in [5.41, 5.74) is 1.20. The van der Waals surface area contributed by atoms with Gasteiger partial charge in [-0.05, 0) is 40.8 Å². The summed E-state index contributed by atoms with van der Waals surface area (Å²) in [6.45, 7) is -0.445. The first kappa shape index (κ1) is 18.3. The number of hydrogen-bond acceptors (Lipinski definition) is 5. The van der Waals surface area contributed by atoms with E-state index in [1.807, 2.05) is 24.3 Å². The second kappa shape index (κ2) is 7.48. The summed E-state index contributed by atoms with van der Waals surface area (Å²) in [4.78, 5) is 13.0. The van der Waals surface area contributed by atoms with E-state index in [1.54, 1.807) is 23.5 Å². The quantitative estimate of drug-likeness (QED) is 0.721. The van der Waals surface area contributed by atoms with Gasteiger partial charge in [0, 0.05) is 22.4 Å². The molecule has 2 aromatic carbocycles. The maximum Gasteiger partial charge on any atom is 0.166 e. The molecule has 2 N–H and O–H groups in total. The minimum atomic E-state index is -1.32. The number of Topliss-reactive ketones (excluding diaryl/α,β-unsaturated/α-hetero) is 1. The normalized spacial score (nSPS) is 23.1. The van der Waals surface area contributed by atoms with Crippen molar-refractivity contribution < 1.29 is 24.1 Å². The number of rotatable bonds is 4. The lowest BCUT2D eigenvalue weighted by Crippen LogP contribution is -2.44. The average Bonchev–Trinajstić information content (AvgIpc) is 3.08. The third-order valence-electron chi connectivity index (χ3n) is 4.87. The van der Waals surface area contributed by atoms with E-state index in [-0.39, 0.29) is 18.0 Å². The highest BCUT2D eigenvalue weighted by molar-refractivity contribution is 7.19. The Labute approximate surface area is 159 Å². The van der Waals surface area contributed by atoms with Gasteiger partial charge in [0.05, 0.1) is 12.7 Å². The van der Waals surface area contributed by atoms with E-state index in [0.717, 1.165) is 15.0 Å². The SMILES string of the molecule is O=C1C[C@H](c2ccc(F)c(Cc3cc4ccccc4s3)c2)O[C@H](CO)[C@H]1O. The molecule has 4 nitrogen and oxygen atoms in total. The van der Waals surface area contributed by atoms with Crippen LogP contribution in [-0.2, 0) is 16.0 Å². The highest BCUT2D eigenvalue weighted by atomic mass is 32.1. The van der Waals surface area contributed by atoms with Gasteiger partial charge in [0.1, 0.15) is 18.0 Å². The second-order valence-corrected chi connectivity index (χ2v) is 7.91. The number of aliphatic hydroxyl groups is 2.